The Hall–Kier alpha value is -1.91. The topological polar surface area (TPSA) is 69.4 Å². The Morgan fingerprint density at radius 2 is 2.20 bits per heavy atom. The first kappa shape index (κ1) is 11.2. The van der Waals surface area contributed by atoms with E-state index < -0.39 is 10.9 Å². The lowest BCUT2D eigenvalue weighted by molar-refractivity contribution is -0.385. The maximum Gasteiger partial charge on any atom is 0.344 e. The van der Waals surface area contributed by atoms with Gasteiger partial charge in [-0.25, -0.2) is 4.79 Å². The molecule has 5 nitrogen and oxygen atoms in total. The molecule has 0 N–H and O–H groups in total. The van der Waals surface area contributed by atoms with Crippen LogP contribution in [0.1, 0.15) is 22.8 Å². The van der Waals surface area contributed by atoms with E-state index in [-0.39, 0.29) is 11.3 Å². The first-order chi connectivity index (χ1) is 7.11. The van der Waals surface area contributed by atoms with Gasteiger partial charge in [-0.3, -0.25) is 10.1 Å². The number of aryl methyl sites for hydroxylation is 1. The minimum absolute atomic E-state index is 0.00171. The molecule has 0 amide bonds. The van der Waals surface area contributed by atoms with Gasteiger partial charge in [-0.1, -0.05) is 19.1 Å². The summed E-state index contributed by atoms with van der Waals surface area (Å²) >= 11 is 0. The number of esters is 1. The molecule has 0 bridgehead atoms. The van der Waals surface area contributed by atoms with Gasteiger partial charge in [-0.15, -0.1) is 0 Å². The molecule has 1 rings (SSSR count). The van der Waals surface area contributed by atoms with Gasteiger partial charge >= 0.3 is 5.97 Å². The fourth-order valence-electron chi connectivity index (χ4n) is 1.37. The predicted octanol–water partition coefficient (Wildman–Crippen LogP) is 1.94. The third-order valence-electron chi connectivity index (χ3n) is 2.09. The molecule has 80 valence electrons. The lowest BCUT2D eigenvalue weighted by Crippen LogP contribution is -2.07. The molecule has 0 radical (unpaired) electrons. The Bertz CT molecular complexity index is 400. The van der Waals surface area contributed by atoms with Crippen LogP contribution >= 0.6 is 0 Å². The second kappa shape index (κ2) is 4.54. The fourth-order valence-corrected chi connectivity index (χ4v) is 1.37. The van der Waals surface area contributed by atoms with E-state index in [0.29, 0.717) is 12.0 Å². The van der Waals surface area contributed by atoms with Crippen LogP contribution in [0.4, 0.5) is 5.69 Å². The minimum atomic E-state index is -0.683. The molecule has 0 atom stereocenters. The van der Waals surface area contributed by atoms with E-state index >= 15 is 0 Å². The van der Waals surface area contributed by atoms with E-state index in [4.69, 9.17) is 0 Å². The van der Waals surface area contributed by atoms with E-state index in [9.17, 15) is 14.9 Å². The van der Waals surface area contributed by atoms with Gasteiger partial charge in [0, 0.05) is 5.56 Å². The van der Waals surface area contributed by atoms with Crippen molar-refractivity contribution in [1.29, 1.82) is 0 Å². The monoisotopic (exact) mass is 209 g/mol. The quantitative estimate of drug-likeness (QED) is 0.433. The molecular formula is C10H11NO4. The zero-order valence-corrected chi connectivity index (χ0v) is 8.52. The van der Waals surface area contributed by atoms with E-state index in [1.165, 1.54) is 13.2 Å². The lowest BCUT2D eigenvalue weighted by atomic mass is 10.1. The maximum atomic E-state index is 11.3. The second-order valence-corrected chi connectivity index (χ2v) is 2.92. The Balaban J connectivity index is 3.38. The summed E-state index contributed by atoms with van der Waals surface area (Å²) in [5.74, 6) is -0.683. The van der Waals surface area contributed by atoms with Crippen LogP contribution in [0.2, 0.25) is 0 Å². The lowest BCUT2D eigenvalue weighted by Gasteiger charge is -2.04. The molecule has 0 spiro atoms. The average Bonchev–Trinajstić information content (AvgIpc) is 2.26. The number of rotatable bonds is 3. The van der Waals surface area contributed by atoms with Crippen molar-refractivity contribution in [2.45, 2.75) is 13.3 Å². The maximum absolute atomic E-state index is 11.3. The predicted molar refractivity (Wildman–Crippen MR) is 53.8 cm³/mol. The van der Waals surface area contributed by atoms with Crippen LogP contribution in [0.5, 0.6) is 0 Å². The third-order valence-corrected chi connectivity index (χ3v) is 2.09. The Kier molecular flexibility index (Phi) is 3.38. The van der Waals surface area contributed by atoms with Crippen LogP contribution in [0, 0.1) is 10.1 Å². The molecule has 0 aliphatic carbocycles. The van der Waals surface area contributed by atoms with E-state index in [1.54, 1.807) is 19.1 Å². The average molecular weight is 209 g/mol. The molecule has 0 aliphatic rings. The van der Waals surface area contributed by atoms with Gasteiger partial charge in [0.1, 0.15) is 5.56 Å². The van der Waals surface area contributed by atoms with E-state index in [0.717, 1.165) is 0 Å². The number of benzene rings is 1. The summed E-state index contributed by atoms with van der Waals surface area (Å²) in [4.78, 5) is 21.5. The Morgan fingerprint density at radius 1 is 1.53 bits per heavy atom. The van der Waals surface area contributed by atoms with E-state index in [1.807, 2.05) is 0 Å². The van der Waals surface area contributed by atoms with Crippen molar-refractivity contribution in [2.75, 3.05) is 7.11 Å². The molecular weight excluding hydrogens is 198 g/mol. The minimum Gasteiger partial charge on any atom is -0.465 e. The number of ether oxygens (including phenoxy) is 1. The Labute approximate surface area is 86.8 Å². The van der Waals surface area contributed by atoms with Gasteiger partial charge in [0.25, 0.3) is 5.69 Å². The smallest absolute Gasteiger partial charge is 0.344 e. The normalized spacial score (nSPS) is 9.73. The molecule has 0 aliphatic heterocycles. The van der Waals surface area contributed by atoms with Crippen molar-refractivity contribution in [3.63, 3.8) is 0 Å². The van der Waals surface area contributed by atoms with Gasteiger partial charge < -0.3 is 4.74 Å². The summed E-state index contributed by atoms with van der Waals surface area (Å²) in [7, 11) is 1.20. The van der Waals surface area contributed by atoms with Gasteiger partial charge in [-0.05, 0) is 12.5 Å². The number of methoxy groups -OCH3 is 1. The highest BCUT2D eigenvalue weighted by atomic mass is 16.6. The van der Waals surface area contributed by atoms with Gasteiger partial charge in [0.15, 0.2) is 0 Å². The molecule has 0 saturated heterocycles. The highest BCUT2D eigenvalue weighted by Gasteiger charge is 2.23. The number of hydrogen-bond donors (Lipinski definition) is 0. The largest absolute Gasteiger partial charge is 0.465 e. The van der Waals surface area contributed by atoms with Crippen molar-refractivity contribution in [2.24, 2.45) is 0 Å². The standard InChI is InChI=1S/C10H11NO4/c1-3-7-5-4-6-8(10(12)15-2)9(7)11(13)14/h4-6H,3H2,1-2H3. The summed E-state index contributed by atoms with van der Waals surface area (Å²) < 4.78 is 4.48. The van der Waals surface area contributed by atoms with Gasteiger partial charge in [0.05, 0.1) is 12.0 Å². The molecule has 1 aromatic carbocycles. The van der Waals surface area contributed by atoms with E-state index in [2.05, 4.69) is 4.74 Å². The molecule has 0 heterocycles. The molecule has 0 unspecified atom stereocenters. The molecule has 0 saturated carbocycles. The van der Waals surface area contributed by atoms with Crippen molar-refractivity contribution < 1.29 is 14.5 Å². The number of carbonyl (C=O) groups is 1. The molecule has 1 aromatic rings. The zero-order chi connectivity index (χ0) is 11.4. The summed E-state index contributed by atoms with van der Waals surface area (Å²) in [6.07, 6.45) is 0.501. The van der Waals surface area contributed by atoms with Gasteiger partial charge in [-0.2, -0.15) is 0 Å². The van der Waals surface area contributed by atoms with Crippen LogP contribution in [-0.2, 0) is 11.2 Å². The number of nitro groups is 1. The van der Waals surface area contributed by atoms with Crippen molar-refractivity contribution in [3.05, 3.63) is 39.4 Å². The first-order valence-electron chi connectivity index (χ1n) is 4.46. The van der Waals surface area contributed by atoms with Crippen LogP contribution in [-0.4, -0.2) is 18.0 Å². The number of para-hydroxylation sites is 1. The molecule has 5 heteroatoms. The first-order valence-corrected chi connectivity index (χ1v) is 4.46. The zero-order valence-electron chi connectivity index (χ0n) is 8.52. The highest BCUT2D eigenvalue weighted by Crippen LogP contribution is 2.24. The summed E-state index contributed by atoms with van der Waals surface area (Å²) in [6, 6.07) is 4.63. The van der Waals surface area contributed by atoms with Crippen LogP contribution in [0.25, 0.3) is 0 Å². The molecule has 0 aromatic heterocycles. The van der Waals surface area contributed by atoms with Crippen LogP contribution in [0.3, 0.4) is 0 Å². The SMILES string of the molecule is CCc1cccc(C(=O)OC)c1[N+](=O)[O-]. The fraction of sp³-hybridized carbons (Fsp3) is 0.300. The highest BCUT2D eigenvalue weighted by molar-refractivity contribution is 5.94. The second-order valence-electron chi connectivity index (χ2n) is 2.92. The Morgan fingerprint density at radius 3 is 2.67 bits per heavy atom. The summed E-state index contributed by atoms with van der Waals surface area (Å²) in [5.41, 5.74) is 0.372. The number of carbonyl (C=O) groups excluding carboxylic acids is 1. The van der Waals surface area contributed by atoms with Crippen LogP contribution < -0.4 is 0 Å². The summed E-state index contributed by atoms with van der Waals surface area (Å²) in [6.45, 7) is 1.80. The van der Waals surface area contributed by atoms with Gasteiger partial charge in [0.2, 0.25) is 0 Å². The number of nitrogens with zero attached hydrogens (tertiary/aromatic N) is 1. The van der Waals surface area contributed by atoms with Crippen molar-refractivity contribution in [3.8, 4) is 0 Å². The molecule has 0 fully saturated rings. The van der Waals surface area contributed by atoms with Crippen molar-refractivity contribution in [1.82, 2.24) is 0 Å². The van der Waals surface area contributed by atoms with Crippen LogP contribution in [0.15, 0.2) is 18.2 Å². The number of hydrogen-bond acceptors (Lipinski definition) is 4. The third kappa shape index (κ3) is 2.12. The van der Waals surface area contributed by atoms with Crippen molar-refractivity contribution >= 4 is 11.7 Å². The molecule has 15 heavy (non-hydrogen) atoms. The summed E-state index contributed by atoms with van der Waals surface area (Å²) in [5, 5.41) is 10.8. The number of nitro benzene ring substituents is 1.